The van der Waals surface area contributed by atoms with Crippen LogP contribution in [0.25, 0.3) is 0 Å². The van der Waals surface area contributed by atoms with Gasteiger partial charge in [0, 0.05) is 5.41 Å². The summed E-state index contributed by atoms with van der Waals surface area (Å²) in [4.78, 5) is 10.7. The third kappa shape index (κ3) is 2.75. The Hall–Kier alpha value is -1.51. The lowest BCUT2D eigenvalue weighted by Gasteiger charge is -2.14. The summed E-state index contributed by atoms with van der Waals surface area (Å²) in [6, 6.07) is 7.83. The third-order valence-corrected chi connectivity index (χ3v) is 3.02. The molecular weight excluding hydrogens is 204 g/mol. The lowest BCUT2D eigenvalue weighted by Crippen LogP contribution is -2.17. The predicted molar refractivity (Wildman–Crippen MR) is 60.6 cm³/mol. The fourth-order valence-corrected chi connectivity index (χ4v) is 1.81. The van der Waals surface area contributed by atoms with Crippen LogP contribution in [0.2, 0.25) is 0 Å². The lowest BCUT2D eigenvalue weighted by atomic mass is 10.0. The van der Waals surface area contributed by atoms with Gasteiger partial charge in [0.15, 0.2) is 0 Å². The van der Waals surface area contributed by atoms with E-state index in [-0.39, 0.29) is 11.8 Å². The molecule has 1 aromatic rings. The van der Waals surface area contributed by atoms with Crippen molar-refractivity contribution in [3.63, 3.8) is 0 Å². The Labute approximate surface area is 95.0 Å². The minimum atomic E-state index is -0.731. The zero-order valence-corrected chi connectivity index (χ0v) is 9.40. The number of carboxylic acid groups (broad SMARTS) is 1. The molecule has 0 aliphatic heterocycles. The van der Waals surface area contributed by atoms with Crippen LogP contribution in [0.5, 0.6) is 5.75 Å². The third-order valence-electron chi connectivity index (χ3n) is 3.02. The van der Waals surface area contributed by atoms with Crippen LogP contribution in [-0.2, 0) is 4.79 Å². The second kappa shape index (κ2) is 4.16. The van der Waals surface area contributed by atoms with E-state index in [1.165, 1.54) is 0 Å². The molecule has 86 valence electrons. The van der Waals surface area contributed by atoms with Crippen LogP contribution in [-0.4, -0.2) is 17.7 Å². The molecule has 0 aromatic heterocycles. The molecule has 1 saturated carbocycles. The Morgan fingerprint density at radius 3 is 2.81 bits per heavy atom. The molecule has 0 bridgehead atoms. The van der Waals surface area contributed by atoms with Gasteiger partial charge in [-0.2, -0.15) is 0 Å². The van der Waals surface area contributed by atoms with Gasteiger partial charge in [-0.1, -0.05) is 12.1 Å². The van der Waals surface area contributed by atoms with Crippen molar-refractivity contribution in [1.82, 2.24) is 0 Å². The number of carbonyl (C=O) groups is 1. The summed E-state index contributed by atoms with van der Waals surface area (Å²) < 4.78 is 5.65. The lowest BCUT2D eigenvalue weighted by molar-refractivity contribution is -0.138. The van der Waals surface area contributed by atoms with E-state index in [9.17, 15) is 4.79 Å². The molecule has 1 aliphatic carbocycles. The smallest absolute Gasteiger partial charge is 0.304 e. The Morgan fingerprint density at radius 1 is 1.50 bits per heavy atom. The van der Waals surface area contributed by atoms with E-state index in [1.807, 2.05) is 31.2 Å². The van der Waals surface area contributed by atoms with Gasteiger partial charge in [-0.05, 0) is 37.5 Å². The van der Waals surface area contributed by atoms with Crippen LogP contribution >= 0.6 is 0 Å². The predicted octanol–water partition coefficient (Wildman–Crippen LogP) is 2.63. The number of aryl methyl sites for hydroxylation is 1. The normalized spacial score (nSPS) is 16.8. The molecule has 2 rings (SSSR count). The number of rotatable bonds is 5. The molecular formula is C13H16O3. The molecule has 3 heteroatoms. The minimum absolute atomic E-state index is 0.102. The van der Waals surface area contributed by atoms with Gasteiger partial charge in [0.25, 0.3) is 0 Å². The van der Waals surface area contributed by atoms with Crippen molar-refractivity contribution < 1.29 is 14.6 Å². The maximum Gasteiger partial charge on any atom is 0.304 e. The summed E-state index contributed by atoms with van der Waals surface area (Å²) in [5.41, 5.74) is 1.05. The Kier molecular flexibility index (Phi) is 2.86. The minimum Gasteiger partial charge on any atom is -0.493 e. The van der Waals surface area contributed by atoms with E-state index in [0.29, 0.717) is 6.61 Å². The van der Waals surface area contributed by atoms with Crippen molar-refractivity contribution in [2.24, 2.45) is 5.41 Å². The highest BCUT2D eigenvalue weighted by molar-refractivity contribution is 5.68. The Bertz CT molecular complexity index is 394. The van der Waals surface area contributed by atoms with Crippen LogP contribution in [0.1, 0.15) is 24.8 Å². The molecule has 0 spiro atoms. The summed E-state index contributed by atoms with van der Waals surface area (Å²) in [6.07, 6.45) is 2.15. The van der Waals surface area contributed by atoms with Gasteiger partial charge in [-0.15, -0.1) is 0 Å². The van der Waals surface area contributed by atoms with Gasteiger partial charge in [-0.25, -0.2) is 0 Å². The quantitative estimate of drug-likeness (QED) is 0.829. The molecule has 1 fully saturated rings. The molecule has 1 aliphatic rings. The van der Waals surface area contributed by atoms with E-state index in [0.717, 1.165) is 24.2 Å². The maximum atomic E-state index is 10.7. The van der Waals surface area contributed by atoms with Crippen molar-refractivity contribution in [3.05, 3.63) is 29.8 Å². The maximum absolute atomic E-state index is 10.7. The van der Waals surface area contributed by atoms with Crippen molar-refractivity contribution in [1.29, 1.82) is 0 Å². The average Bonchev–Trinajstić information content (AvgIpc) is 2.95. The van der Waals surface area contributed by atoms with E-state index in [2.05, 4.69) is 0 Å². The second-order valence-electron chi connectivity index (χ2n) is 4.68. The number of hydrogen-bond donors (Lipinski definition) is 1. The highest BCUT2D eigenvalue weighted by Gasteiger charge is 2.45. The van der Waals surface area contributed by atoms with E-state index in [4.69, 9.17) is 9.84 Å². The van der Waals surface area contributed by atoms with Gasteiger partial charge in [0.2, 0.25) is 0 Å². The van der Waals surface area contributed by atoms with Crippen LogP contribution in [0.4, 0.5) is 0 Å². The first-order chi connectivity index (χ1) is 7.60. The van der Waals surface area contributed by atoms with Crippen LogP contribution in [0.3, 0.4) is 0 Å². The fourth-order valence-electron chi connectivity index (χ4n) is 1.81. The van der Waals surface area contributed by atoms with E-state index < -0.39 is 5.97 Å². The topological polar surface area (TPSA) is 46.5 Å². The Balaban J connectivity index is 1.90. The number of carboxylic acids is 1. The number of benzene rings is 1. The zero-order valence-electron chi connectivity index (χ0n) is 9.40. The van der Waals surface area contributed by atoms with Crippen LogP contribution < -0.4 is 4.74 Å². The number of aliphatic carboxylic acids is 1. The molecule has 0 amide bonds. The molecule has 0 heterocycles. The second-order valence-corrected chi connectivity index (χ2v) is 4.68. The molecule has 1 N–H and O–H groups in total. The molecule has 0 unspecified atom stereocenters. The van der Waals surface area contributed by atoms with E-state index in [1.54, 1.807) is 0 Å². The van der Waals surface area contributed by atoms with Crippen molar-refractivity contribution in [2.45, 2.75) is 26.2 Å². The molecule has 0 atom stereocenters. The van der Waals surface area contributed by atoms with Gasteiger partial charge in [0.05, 0.1) is 13.0 Å². The summed E-state index contributed by atoms with van der Waals surface area (Å²) >= 11 is 0. The highest BCUT2D eigenvalue weighted by atomic mass is 16.5. The summed E-state index contributed by atoms with van der Waals surface area (Å²) in [6.45, 7) is 2.53. The van der Waals surface area contributed by atoms with Crippen LogP contribution in [0, 0.1) is 12.3 Å². The largest absolute Gasteiger partial charge is 0.493 e. The first-order valence-electron chi connectivity index (χ1n) is 5.51. The summed E-state index contributed by atoms with van der Waals surface area (Å²) in [5, 5.41) is 8.77. The number of hydrogen-bond acceptors (Lipinski definition) is 2. The first kappa shape index (κ1) is 11.0. The molecule has 0 radical (unpaired) electrons. The standard InChI is InChI=1S/C13H16O3/c1-10-3-2-4-11(7-10)16-9-13(5-6-13)8-12(14)15/h2-4,7H,5-6,8-9H2,1H3,(H,14,15). The van der Waals surface area contributed by atoms with Crippen LogP contribution in [0.15, 0.2) is 24.3 Å². The fraction of sp³-hybridized carbons (Fsp3) is 0.462. The summed E-state index contributed by atoms with van der Waals surface area (Å²) in [5.74, 6) is 0.0991. The highest BCUT2D eigenvalue weighted by Crippen LogP contribution is 2.48. The van der Waals surface area contributed by atoms with E-state index >= 15 is 0 Å². The zero-order chi connectivity index (χ0) is 11.6. The van der Waals surface area contributed by atoms with Gasteiger partial charge < -0.3 is 9.84 Å². The molecule has 1 aromatic carbocycles. The molecule has 16 heavy (non-hydrogen) atoms. The van der Waals surface area contributed by atoms with Gasteiger partial charge >= 0.3 is 5.97 Å². The SMILES string of the molecule is Cc1cccc(OCC2(CC(=O)O)CC2)c1. The average molecular weight is 220 g/mol. The first-order valence-corrected chi connectivity index (χ1v) is 5.51. The van der Waals surface area contributed by atoms with Crippen molar-refractivity contribution >= 4 is 5.97 Å². The number of ether oxygens (including phenoxy) is 1. The molecule has 0 saturated heterocycles. The molecule has 3 nitrogen and oxygen atoms in total. The summed E-state index contributed by atoms with van der Waals surface area (Å²) in [7, 11) is 0. The van der Waals surface area contributed by atoms with Gasteiger partial charge in [0.1, 0.15) is 5.75 Å². The van der Waals surface area contributed by atoms with Gasteiger partial charge in [-0.3, -0.25) is 4.79 Å². The van der Waals surface area contributed by atoms with Crippen molar-refractivity contribution in [3.8, 4) is 5.75 Å². The Morgan fingerprint density at radius 2 is 2.25 bits per heavy atom. The monoisotopic (exact) mass is 220 g/mol. The van der Waals surface area contributed by atoms with Crippen molar-refractivity contribution in [2.75, 3.05) is 6.61 Å².